The topological polar surface area (TPSA) is 60.2 Å². The van der Waals surface area contributed by atoms with Crippen LogP contribution in [0.4, 0.5) is 0 Å². The Labute approximate surface area is 55.2 Å². The molecule has 0 aromatic heterocycles. The molecule has 1 saturated heterocycles. The van der Waals surface area contributed by atoms with Gasteiger partial charge in [-0.25, -0.2) is 8.42 Å². The molecule has 0 aromatic carbocycles. The van der Waals surface area contributed by atoms with Crippen LogP contribution in [0.3, 0.4) is 0 Å². The van der Waals surface area contributed by atoms with Crippen molar-refractivity contribution in [3.05, 3.63) is 0 Å². The molecule has 2 atom stereocenters. The van der Waals surface area contributed by atoms with Gasteiger partial charge in [-0.2, -0.15) is 0 Å². The minimum absolute atomic E-state index is 0.130. The molecule has 0 spiro atoms. The molecule has 3 nitrogen and oxygen atoms in total. The zero-order valence-corrected chi connectivity index (χ0v) is 6.19. The maximum absolute atomic E-state index is 10.9. The first-order chi connectivity index (χ1) is 4.04. The van der Waals surface area contributed by atoms with E-state index in [1.54, 1.807) is 6.92 Å². The quantitative estimate of drug-likeness (QED) is 0.506. The van der Waals surface area contributed by atoms with E-state index in [4.69, 9.17) is 5.73 Å². The van der Waals surface area contributed by atoms with Crippen molar-refractivity contribution in [1.29, 1.82) is 0 Å². The lowest BCUT2D eigenvalue weighted by Gasteiger charge is -2.05. The van der Waals surface area contributed by atoms with Gasteiger partial charge in [-0.15, -0.1) is 0 Å². The lowest BCUT2D eigenvalue weighted by atomic mass is 10.2. The average Bonchev–Trinajstić information content (AvgIpc) is 1.97. The summed E-state index contributed by atoms with van der Waals surface area (Å²) in [6.45, 7) is 1.67. The average molecular weight is 149 g/mol. The second kappa shape index (κ2) is 1.95. The van der Waals surface area contributed by atoms with E-state index in [9.17, 15) is 8.42 Å². The summed E-state index contributed by atoms with van der Waals surface area (Å²) in [7, 11) is -2.80. The van der Waals surface area contributed by atoms with Gasteiger partial charge in [0.15, 0.2) is 9.84 Å². The Morgan fingerprint density at radius 2 is 2.11 bits per heavy atom. The fourth-order valence-electron chi connectivity index (χ4n) is 0.987. The zero-order valence-electron chi connectivity index (χ0n) is 5.37. The van der Waals surface area contributed by atoms with Crippen LogP contribution in [-0.4, -0.2) is 25.5 Å². The van der Waals surface area contributed by atoms with E-state index in [0.717, 1.165) is 0 Å². The fourth-order valence-corrected chi connectivity index (χ4v) is 2.63. The van der Waals surface area contributed by atoms with E-state index in [0.29, 0.717) is 6.42 Å². The first-order valence-corrected chi connectivity index (χ1v) is 4.73. The SMILES string of the molecule is C[C@@H]1[C@H](N)CCS1(=O)=O. The molecule has 0 unspecified atom stereocenters. The highest BCUT2D eigenvalue weighted by Gasteiger charge is 2.33. The molecular formula is C5H11NO2S. The van der Waals surface area contributed by atoms with Crippen LogP contribution in [0.1, 0.15) is 13.3 Å². The smallest absolute Gasteiger partial charge is 0.154 e. The van der Waals surface area contributed by atoms with Crippen molar-refractivity contribution in [2.75, 3.05) is 5.75 Å². The highest BCUT2D eigenvalue weighted by Crippen LogP contribution is 2.17. The van der Waals surface area contributed by atoms with E-state index < -0.39 is 9.84 Å². The number of rotatable bonds is 0. The minimum Gasteiger partial charge on any atom is -0.327 e. The maximum Gasteiger partial charge on any atom is 0.154 e. The maximum atomic E-state index is 10.9. The van der Waals surface area contributed by atoms with Gasteiger partial charge in [-0.1, -0.05) is 0 Å². The molecule has 9 heavy (non-hydrogen) atoms. The minimum atomic E-state index is -2.80. The summed E-state index contributed by atoms with van der Waals surface area (Å²) in [4.78, 5) is 0. The van der Waals surface area contributed by atoms with Crippen molar-refractivity contribution in [3.63, 3.8) is 0 Å². The molecule has 0 aliphatic carbocycles. The van der Waals surface area contributed by atoms with Gasteiger partial charge in [0.05, 0.1) is 11.0 Å². The Hall–Kier alpha value is -0.0900. The summed E-state index contributed by atoms with van der Waals surface area (Å²) in [5.74, 6) is 0.273. The molecule has 1 aliphatic heterocycles. The van der Waals surface area contributed by atoms with Gasteiger partial charge in [-0.3, -0.25) is 0 Å². The third-order valence-electron chi connectivity index (χ3n) is 1.91. The molecule has 0 radical (unpaired) electrons. The predicted octanol–water partition coefficient (Wildman–Crippen LogP) is -0.479. The van der Waals surface area contributed by atoms with Gasteiger partial charge in [0, 0.05) is 6.04 Å². The first kappa shape index (κ1) is 7.02. The van der Waals surface area contributed by atoms with Gasteiger partial charge in [0.25, 0.3) is 0 Å². The number of sulfone groups is 1. The highest BCUT2D eigenvalue weighted by molar-refractivity contribution is 7.92. The molecule has 1 rings (SSSR count). The monoisotopic (exact) mass is 149 g/mol. The van der Waals surface area contributed by atoms with Crippen molar-refractivity contribution in [3.8, 4) is 0 Å². The molecule has 2 N–H and O–H groups in total. The normalized spacial score (nSPS) is 41.1. The van der Waals surface area contributed by atoms with Gasteiger partial charge in [-0.05, 0) is 13.3 Å². The third-order valence-corrected chi connectivity index (χ3v) is 4.19. The van der Waals surface area contributed by atoms with E-state index in [1.165, 1.54) is 0 Å². The summed E-state index contributed by atoms with van der Waals surface area (Å²) in [6.07, 6.45) is 0.628. The summed E-state index contributed by atoms with van der Waals surface area (Å²) >= 11 is 0. The number of nitrogens with two attached hydrogens (primary N) is 1. The molecule has 0 saturated carbocycles. The molecule has 1 heterocycles. The van der Waals surface area contributed by atoms with Crippen molar-refractivity contribution in [2.24, 2.45) is 5.73 Å². The molecule has 0 bridgehead atoms. The van der Waals surface area contributed by atoms with E-state index in [1.807, 2.05) is 0 Å². The second-order valence-electron chi connectivity index (χ2n) is 2.52. The van der Waals surface area contributed by atoms with Crippen LogP contribution in [0.25, 0.3) is 0 Å². The molecule has 1 aliphatic rings. The van der Waals surface area contributed by atoms with Crippen LogP contribution in [0.5, 0.6) is 0 Å². The Morgan fingerprint density at radius 3 is 2.22 bits per heavy atom. The number of hydrogen-bond acceptors (Lipinski definition) is 3. The second-order valence-corrected chi connectivity index (χ2v) is 5.00. The highest BCUT2D eigenvalue weighted by atomic mass is 32.2. The summed E-state index contributed by atoms with van der Waals surface area (Å²) in [5, 5.41) is -0.322. The molecule has 54 valence electrons. The van der Waals surface area contributed by atoms with Crippen LogP contribution in [-0.2, 0) is 9.84 Å². The molecular weight excluding hydrogens is 138 g/mol. The van der Waals surface area contributed by atoms with Gasteiger partial charge in [0.1, 0.15) is 0 Å². The van der Waals surface area contributed by atoms with Gasteiger partial charge in [0.2, 0.25) is 0 Å². The Balaban J connectivity index is 2.87. The molecule has 0 amide bonds. The number of hydrogen-bond donors (Lipinski definition) is 1. The largest absolute Gasteiger partial charge is 0.327 e. The van der Waals surface area contributed by atoms with Crippen molar-refractivity contribution in [2.45, 2.75) is 24.6 Å². The molecule has 4 heteroatoms. The standard InChI is InChI=1S/C5H11NO2S/c1-4-5(6)2-3-9(4,7)8/h4-5H,2-3,6H2,1H3/t4-,5-/m1/s1. The van der Waals surface area contributed by atoms with Gasteiger partial charge >= 0.3 is 0 Å². The van der Waals surface area contributed by atoms with Crippen LogP contribution < -0.4 is 5.73 Å². The zero-order chi connectivity index (χ0) is 7.07. The van der Waals surface area contributed by atoms with Crippen LogP contribution >= 0.6 is 0 Å². The lowest BCUT2D eigenvalue weighted by Crippen LogP contribution is -2.30. The van der Waals surface area contributed by atoms with Crippen molar-refractivity contribution < 1.29 is 8.42 Å². The lowest BCUT2D eigenvalue weighted by molar-refractivity contribution is 0.586. The Morgan fingerprint density at radius 1 is 1.56 bits per heavy atom. The van der Waals surface area contributed by atoms with Crippen LogP contribution in [0, 0.1) is 0 Å². The van der Waals surface area contributed by atoms with E-state index >= 15 is 0 Å². The van der Waals surface area contributed by atoms with Crippen molar-refractivity contribution in [1.82, 2.24) is 0 Å². The Kier molecular flexibility index (Phi) is 1.52. The summed E-state index contributed by atoms with van der Waals surface area (Å²) < 4.78 is 21.8. The first-order valence-electron chi connectivity index (χ1n) is 3.01. The summed E-state index contributed by atoms with van der Waals surface area (Å²) in [5.41, 5.74) is 5.47. The van der Waals surface area contributed by atoms with E-state index in [-0.39, 0.29) is 17.0 Å². The van der Waals surface area contributed by atoms with Crippen LogP contribution in [0.15, 0.2) is 0 Å². The van der Waals surface area contributed by atoms with Crippen LogP contribution in [0.2, 0.25) is 0 Å². The van der Waals surface area contributed by atoms with Crippen molar-refractivity contribution >= 4 is 9.84 Å². The van der Waals surface area contributed by atoms with E-state index in [2.05, 4.69) is 0 Å². The molecule has 1 fully saturated rings. The molecule has 0 aromatic rings. The van der Waals surface area contributed by atoms with Gasteiger partial charge < -0.3 is 5.73 Å². The third kappa shape index (κ3) is 1.09. The predicted molar refractivity (Wildman–Crippen MR) is 35.8 cm³/mol. The summed E-state index contributed by atoms with van der Waals surface area (Å²) in [6, 6.07) is -0.130. The Bertz CT molecular complexity index is 197. The fraction of sp³-hybridized carbons (Fsp3) is 1.00.